The normalized spacial score (nSPS) is 40.4. The van der Waals surface area contributed by atoms with Crippen LogP contribution in [0.4, 0.5) is 0 Å². The molecule has 0 saturated heterocycles. The van der Waals surface area contributed by atoms with Gasteiger partial charge in [-0.05, 0) is 104 Å². The van der Waals surface area contributed by atoms with Crippen molar-refractivity contribution in [3.8, 4) is 0 Å². The molecule has 0 aliphatic heterocycles. The van der Waals surface area contributed by atoms with Gasteiger partial charge in [0.1, 0.15) is 15.6 Å². The molecule has 10 atom stereocenters. The van der Waals surface area contributed by atoms with Crippen LogP contribution in [0.1, 0.15) is 111 Å². The maximum absolute atomic E-state index is 11.0. The van der Waals surface area contributed by atoms with E-state index in [2.05, 4.69) is 33.0 Å². The second-order valence-corrected chi connectivity index (χ2v) is 17.1. The monoisotopic (exact) mass is 568 g/mol. The van der Waals surface area contributed by atoms with Gasteiger partial charge in [0.05, 0.1) is 27.2 Å². The van der Waals surface area contributed by atoms with Crippen molar-refractivity contribution < 1.29 is 22.6 Å². The van der Waals surface area contributed by atoms with Crippen molar-refractivity contribution in [1.29, 1.82) is 0 Å². The van der Waals surface area contributed by atoms with Crippen LogP contribution in [0.2, 0.25) is 0 Å². The number of fused-ring (bicyclic) bond motifs is 5. The average molecular weight is 569 g/mol. The van der Waals surface area contributed by atoms with Gasteiger partial charge in [0.25, 0.3) is 0 Å². The van der Waals surface area contributed by atoms with Gasteiger partial charge in [-0.25, -0.2) is 8.42 Å². The van der Waals surface area contributed by atoms with E-state index in [-0.39, 0.29) is 6.42 Å². The molecule has 2 N–H and O–H groups in total. The first kappa shape index (κ1) is 31.7. The second kappa shape index (κ2) is 12.2. The van der Waals surface area contributed by atoms with Crippen molar-refractivity contribution in [3.63, 3.8) is 0 Å². The summed E-state index contributed by atoms with van der Waals surface area (Å²) in [6, 6.07) is 0.613. The van der Waals surface area contributed by atoms with E-state index in [1.54, 1.807) is 0 Å². The first-order valence-electron chi connectivity index (χ1n) is 16.4. The van der Waals surface area contributed by atoms with Gasteiger partial charge in [0.2, 0.25) is 0 Å². The molecule has 4 aliphatic carbocycles. The Morgan fingerprint density at radius 2 is 1.67 bits per heavy atom. The molecule has 0 aromatic heterocycles. The van der Waals surface area contributed by atoms with E-state index in [1.807, 2.05) is 14.1 Å². The predicted molar refractivity (Wildman–Crippen MR) is 158 cm³/mol. The standard InChI is InChI=1S/C32H60N2O4S/c1-7-9-23(2)27-12-13-28-26-11-10-24-22-25(14-17-31(24,3)29(26)15-18-32(27,28)4)33-19-8-20-34(5,6)21-16-30(35)39(36,37)38/h23-30,33,35H,7-22H2,1-6H3/t23-,24?,25?,26?,27-,28?,29?,30?,31+,32-/m1/s1. The molecule has 4 rings (SSSR count). The molecule has 39 heavy (non-hydrogen) atoms. The zero-order chi connectivity index (χ0) is 28.6. The minimum atomic E-state index is -4.62. The van der Waals surface area contributed by atoms with Crippen LogP contribution in [0.15, 0.2) is 0 Å². The topological polar surface area (TPSA) is 89.5 Å². The molecule has 0 amide bonds. The quantitative estimate of drug-likeness (QED) is 0.178. The summed E-state index contributed by atoms with van der Waals surface area (Å²) >= 11 is 0. The van der Waals surface area contributed by atoms with Crippen molar-refractivity contribution >= 4 is 10.1 Å². The summed E-state index contributed by atoms with van der Waals surface area (Å²) < 4.78 is 33.6. The molecule has 0 aromatic carbocycles. The molecule has 4 aliphatic rings. The third kappa shape index (κ3) is 6.73. The molecule has 0 aromatic rings. The van der Waals surface area contributed by atoms with Crippen LogP contribution in [-0.2, 0) is 10.1 Å². The summed E-state index contributed by atoms with van der Waals surface area (Å²) in [7, 11) is -0.535. The lowest BCUT2D eigenvalue weighted by atomic mass is 9.44. The summed E-state index contributed by atoms with van der Waals surface area (Å²) in [5.74, 6) is 5.55. The number of nitrogens with one attached hydrogen (secondary N) is 1. The molecule has 0 spiro atoms. The van der Waals surface area contributed by atoms with E-state index < -0.39 is 15.6 Å². The number of aliphatic hydroxyl groups excluding tert-OH is 1. The van der Waals surface area contributed by atoms with Crippen molar-refractivity contribution in [2.45, 2.75) is 123 Å². The van der Waals surface area contributed by atoms with E-state index in [1.165, 1.54) is 70.6 Å². The molecule has 4 fully saturated rings. The SMILES string of the molecule is CCC[C@@H](C)[C@H]1CCC2C3CCC4CC(NCCC[N+](C)(C)CCC(O)S(=O)(=O)[O-])CC[C@]4(C)C3CC[C@@]21C. The van der Waals surface area contributed by atoms with Gasteiger partial charge < -0.3 is 19.5 Å². The Labute approximate surface area is 240 Å². The number of nitrogens with zero attached hydrogens (tertiary/aromatic N) is 1. The maximum atomic E-state index is 11.0. The summed E-state index contributed by atoms with van der Waals surface area (Å²) in [4.78, 5) is 0. The lowest BCUT2D eigenvalue weighted by molar-refractivity contribution is -0.890. The number of hydrogen-bond donors (Lipinski definition) is 2. The van der Waals surface area contributed by atoms with Crippen LogP contribution in [0.5, 0.6) is 0 Å². The third-order valence-electron chi connectivity index (χ3n) is 12.9. The molecule has 0 bridgehead atoms. The first-order chi connectivity index (χ1) is 18.2. The van der Waals surface area contributed by atoms with Crippen LogP contribution in [0, 0.1) is 46.3 Å². The first-order valence-corrected chi connectivity index (χ1v) is 17.9. The van der Waals surface area contributed by atoms with Crippen LogP contribution < -0.4 is 5.32 Å². The molecular weight excluding hydrogens is 508 g/mol. The highest BCUT2D eigenvalue weighted by Gasteiger charge is 2.60. The minimum absolute atomic E-state index is 0.00423. The van der Waals surface area contributed by atoms with Crippen molar-refractivity contribution in [2.24, 2.45) is 46.3 Å². The second-order valence-electron chi connectivity index (χ2n) is 15.5. The van der Waals surface area contributed by atoms with Gasteiger partial charge >= 0.3 is 0 Å². The zero-order valence-electron chi connectivity index (χ0n) is 26.0. The number of hydrogen-bond acceptors (Lipinski definition) is 5. The van der Waals surface area contributed by atoms with Crippen LogP contribution in [0.25, 0.3) is 0 Å². The lowest BCUT2D eigenvalue weighted by Crippen LogP contribution is -2.55. The molecule has 7 heteroatoms. The summed E-state index contributed by atoms with van der Waals surface area (Å²) in [6.07, 6.45) is 16.5. The molecule has 4 saturated carbocycles. The van der Waals surface area contributed by atoms with E-state index >= 15 is 0 Å². The highest BCUT2D eigenvalue weighted by Crippen LogP contribution is 2.68. The molecular formula is C32H60N2O4S. The maximum Gasteiger partial charge on any atom is 0.148 e. The van der Waals surface area contributed by atoms with Gasteiger partial charge in [0.15, 0.2) is 0 Å². The van der Waals surface area contributed by atoms with Gasteiger partial charge in [-0.2, -0.15) is 0 Å². The Morgan fingerprint density at radius 1 is 0.974 bits per heavy atom. The van der Waals surface area contributed by atoms with Crippen LogP contribution >= 0.6 is 0 Å². The minimum Gasteiger partial charge on any atom is -0.746 e. The highest BCUT2D eigenvalue weighted by molar-refractivity contribution is 7.86. The Kier molecular flexibility index (Phi) is 9.91. The summed E-state index contributed by atoms with van der Waals surface area (Å²) in [6.45, 7) is 12.6. The Hall–Kier alpha value is -0.210. The summed E-state index contributed by atoms with van der Waals surface area (Å²) in [5.41, 5.74) is -0.681. The van der Waals surface area contributed by atoms with E-state index in [0.717, 1.165) is 55.0 Å². The third-order valence-corrected chi connectivity index (χ3v) is 13.8. The van der Waals surface area contributed by atoms with Gasteiger partial charge in [0, 0.05) is 25.4 Å². The van der Waals surface area contributed by atoms with Gasteiger partial charge in [-0.1, -0.05) is 40.5 Å². The molecule has 0 heterocycles. The van der Waals surface area contributed by atoms with E-state index in [0.29, 0.717) is 27.9 Å². The van der Waals surface area contributed by atoms with E-state index in [9.17, 15) is 18.1 Å². The summed E-state index contributed by atoms with van der Waals surface area (Å²) in [5, 5.41) is 13.4. The van der Waals surface area contributed by atoms with Crippen molar-refractivity contribution in [1.82, 2.24) is 5.32 Å². The largest absolute Gasteiger partial charge is 0.746 e. The Morgan fingerprint density at radius 3 is 2.36 bits per heavy atom. The fourth-order valence-corrected chi connectivity index (χ4v) is 11.0. The number of aliphatic hydroxyl groups is 1. The molecule has 228 valence electrons. The van der Waals surface area contributed by atoms with Gasteiger partial charge in [-0.3, -0.25) is 0 Å². The van der Waals surface area contributed by atoms with Gasteiger partial charge in [-0.15, -0.1) is 0 Å². The molecule has 6 unspecified atom stereocenters. The number of rotatable bonds is 12. The lowest BCUT2D eigenvalue weighted by Gasteiger charge is -2.61. The van der Waals surface area contributed by atoms with Crippen molar-refractivity contribution in [3.05, 3.63) is 0 Å². The van der Waals surface area contributed by atoms with Crippen LogP contribution in [-0.4, -0.2) is 67.8 Å². The average Bonchev–Trinajstić information content (AvgIpc) is 3.22. The van der Waals surface area contributed by atoms with Crippen LogP contribution in [0.3, 0.4) is 0 Å². The fourth-order valence-electron chi connectivity index (χ4n) is 10.6. The number of quaternary nitrogens is 1. The Balaban J connectivity index is 1.25. The van der Waals surface area contributed by atoms with Crippen molar-refractivity contribution in [2.75, 3.05) is 33.7 Å². The Bertz CT molecular complexity index is 925. The predicted octanol–water partition coefficient (Wildman–Crippen LogP) is 5.76. The van der Waals surface area contributed by atoms with E-state index in [4.69, 9.17) is 0 Å². The molecule has 0 radical (unpaired) electrons. The smallest absolute Gasteiger partial charge is 0.148 e. The highest BCUT2D eigenvalue weighted by atomic mass is 32.2. The zero-order valence-corrected chi connectivity index (χ0v) is 26.8. The molecule has 6 nitrogen and oxygen atoms in total. The fraction of sp³-hybridized carbons (Fsp3) is 1.00.